The molecule has 1 N–H and O–H groups in total. The zero-order chi connectivity index (χ0) is 16.9. The van der Waals surface area contributed by atoms with Crippen molar-refractivity contribution in [1.82, 2.24) is 15.1 Å². The molecule has 1 aliphatic heterocycles. The maximum absolute atomic E-state index is 12.9. The third-order valence-corrected chi connectivity index (χ3v) is 3.84. The molecule has 1 saturated heterocycles. The van der Waals surface area contributed by atoms with Gasteiger partial charge in [-0.3, -0.25) is 4.79 Å². The fourth-order valence-electron chi connectivity index (χ4n) is 2.56. The Balaban J connectivity index is 1.48. The number of nitrogens with one attached hydrogen (secondary N) is 1. The molecule has 3 rings (SSSR count). The second-order valence-corrected chi connectivity index (χ2v) is 5.61. The van der Waals surface area contributed by atoms with Gasteiger partial charge in [0.1, 0.15) is 18.1 Å². The molecule has 2 heterocycles. The maximum Gasteiger partial charge on any atom is 0.320 e. The smallest absolute Gasteiger partial charge is 0.320 e. The van der Waals surface area contributed by atoms with Crippen molar-refractivity contribution in [3.8, 4) is 0 Å². The molecular weight excluding hydrogens is 313 g/mol. The van der Waals surface area contributed by atoms with Gasteiger partial charge in [-0.1, -0.05) is 12.1 Å². The maximum atomic E-state index is 12.9. The van der Waals surface area contributed by atoms with E-state index in [-0.39, 0.29) is 24.3 Å². The highest BCUT2D eigenvalue weighted by Gasteiger charge is 2.29. The summed E-state index contributed by atoms with van der Waals surface area (Å²) in [7, 11) is 0. The van der Waals surface area contributed by atoms with Crippen molar-refractivity contribution in [2.24, 2.45) is 0 Å². The second kappa shape index (κ2) is 7.16. The first-order chi connectivity index (χ1) is 11.6. The molecule has 0 bridgehead atoms. The molecule has 0 spiro atoms. The Kier molecular flexibility index (Phi) is 4.79. The highest BCUT2D eigenvalue weighted by atomic mass is 19.1. The van der Waals surface area contributed by atoms with Gasteiger partial charge in [0.2, 0.25) is 5.91 Å². The van der Waals surface area contributed by atoms with Crippen molar-refractivity contribution < 1.29 is 18.4 Å². The van der Waals surface area contributed by atoms with Crippen molar-refractivity contribution in [3.05, 3.63) is 59.8 Å². The van der Waals surface area contributed by atoms with Crippen LogP contribution in [0.15, 0.2) is 47.1 Å². The van der Waals surface area contributed by atoms with Crippen LogP contribution >= 0.6 is 0 Å². The number of hydrogen-bond acceptors (Lipinski definition) is 3. The normalized spacial score (nSPS) is 14.3. The number of carbonyl (C=O) groups excluding carboxylic acids is 2. The molecule has 1 aromatic heterocycles. The van der Waals surface area contributed by atoms with E-state index in [1.807, 2.05) is 0 Å². The summed E-state index contributed by atoms with van der Waals surface area (Å²) >= 11 is 0. The van der Waals surface area contributed by atoms with Crippen molar-refractivity contribution >= 4 is 11.9 Å². The monoisotopic (exact) mass is 331 g/mol. The Morgan fingerprint density at radius 2 is 1.92 bits per heavy atom. The summed E-state index contributed by atoms with van der Waals surface area (Å²) in [5, 5.41) is 2.72. The number of benzene rings is 1. The first kappa shape index (κ1) is 16.0. The van der Waals surface area contributed by atoms with Gasteiger partial charge in [0, 0.05) is 19.6 Å². The standard InChI is InChI=1S/C17H18FN3O3/c18-14-5-3-13(4-6-14)11-20-7-8-21(17(20)23)12-16(22)19-10-15-2-1-9-24-15/h1-6,9H,7-8,10-12H2,(H,19,22). The summed E-state index contributed by atoms with van der Waals surface area (Å²) in [6, 6.07) is 9.38. The van der Waals surface area contributed by atoms with Crippen LogP contribution in [-0.4, -0.2) is 41.4 Å². The average Bonchev–Trinajstić information content (AvgIpc) is 3.20. The minimum absolute atomic E-state index is 0.0134. The van der Waals surface area contributed by atoms with E-state index in [1.54, 1.807) is 35.4 Å². The number of furan rings is 1. The van der Waals surface area contributed by atoms with E-state index < -0.39 is 0 Å². The molecule has 1 aromatic carbocycles. The van der Waals surface area contributed by atoms with Gasteiger partial charge in [-0.05, 0) is 29.8 Å². The van der Waals surface area contributed by atoms with E-state index in [0.29, 0.717) is 31.9 Å². The minimum Gasteiger partial charge on any atom is -0.467 e. The number of hydrogen-bond donors (Lipinski definition) is 1. The number of carbonyl (C=O) groups is 2. The first-order valence-corrected chi connectivity index (χ1v) is 7.69. The third kappa shape index (κ3) is 3.92. The number of nitrogens with zero attached hydrogens (tertiary/aromatic N) is 2. The Bertz CT molecular complexity index is 700. The SMILES string of the molecule is O=C(CN1CCN(Cc2ccc(F)cc2)C1=O)NCc1ccco1. The van der Waals surface area contributed by atoms with Gasteiger partial charge in [-0.2, -0.15) is 0 Å². The van der Waals surface area contributed by atoms with Crippen LogP contribution in [0, 0.1) is 5.82 Å². The summed E-state index contributed by atoms with van der Waals surface area (Å²) in [4.78, 5) is 27.4. The van der Waals surface area contributed by atoms with Crippen molar-refractivity contribution in [2.45, 2.75) is 13.1 Å². The summed E-state index contributed by atoms with van der Waals surface area (Å²) in [6.45, 7) is 1.76. The molecule has 126 valence electrons. The van der Waals surface area contributed by atoms with Crippen LogP contribution in [0.5, 0.6) is 0 Å². The van der Waals surface area contributed by atoms with E-state index in [1.165, 1.54) is 17.0 Å². The second-order valence-electron chi connectivity index (χ2n) is 5.61. The van der Waals surface area contributed by atoms with Gasteiger partial charge >= 0.3 is 6.03 Å². The van der Waals surface area contributed by atoms with Crippen LogP contribution < -0.4 is 5.32 Å². The van der Waals surface area contributed by atoms with Crippen molar-refractivity contribution in [1.29, 1.82) is 0 Å². The molecule has 0 saturated carbocycles. The quantitative estimate of drug-likeness (QED) is 0.880. The van der Waals surface area contributed by atoms with Crippen LogP contribution in [0.3, 0.4) is 0 Å². The lowest BCUT2D eigenvalue weighted by atomic mass is 10.2. The molecule has 0 unspecified atom stereocenters. The van der Waals surface area contributed by atoms with Gasteiger partial charge in [0.15, 0.2) is 0 Å². The Hall–Kier alpha value is -2.83. The number of urea groups is 1. The molecule has 1 aliphatic rings. The van der Waals surface area contributed by atoms with Crippen molar-refractivity contribution in [2.75, 3.05) is 19.6 Å². The van der Waals surface area contributed by atoms with Gasteiger partial charge in [0.25, 0.3) is 0 Å². The highest BCUT2D eigenvalue weighted by Crippen LogP contribution is 2.13. The predicted molar refractivity (Wildman–Crippen MR) is 84.3 cm³/mol. The van der Waals surface area contributed by atoms with Crippen LogP contribution in [0.2, 0.25) is 0 Å². The minimum atomic E-state index is -0.304. The first-order valence-electron chi connectivity index (χ1n) is 7.69. The highest BCUT2D eigenvalue weighted by molar-refractivity contribution is 5.85. The summed E-state index contributed by atoms with van der Waals surface area (Å²) < 4.78 is 18.1. The molecule has 1 fully saturated rings. The Morgan fingerprint density at radius 1 is 1.17 bits per heavy atom. The lowest BCUT2D eigenvalue weighted by Gasteiger charge is -2.18. The van der Waals surface area contributed by atoms with Crippen LogP contribution in [0.4, 0.5) is 9.18 Å². The van der Waals surface area contributed by atoms with Gasteiger partial charge < -0.3 is 19.5 Å². The number of amides is 3. The molecule has 0 atom stereocenters. The predicted octanol–water partition coefficient (Wildman–Crippen LogP) is 1.97. The van der Waals surface area contributed by atoms with E-state index >= 15 is 0 Å². The van der Waals surface area contributed by atoms with Crippen LogP contribution in [0.1, 0.15) is 11.3 Å². The lowest BCUT2D eigenvalue weighted by Crippen LogP contribution is -2.39. The average molecular weight is 331 g/mol. The fourth-order valence-corrected chi connectivity index (χ4v) is 2.56. The summed E-state index contributed by atoms with van der Waals surface area (Å²) in [6.07, 6.45) is 1.54. The van der Waals surface area contributed by atoms with E-state index in [2.05, 4.69) is 5.32 Å². The fraction of sp³-hybridized carbons (Fsp3) is 0.294. The number of halogens is 1. The topological polar surface area (TPSA) is 65.8 Å². The number of rotatable bonds is 6. The Morgan fingerprint density at radius 3 is 2.62 bits per heavy atom. The molecule has 0 radical (unpaired) electrons. The molecule has 6 nitrogen and oxygen atoms in total. The van der Waals surface area contributed by atoms with Crippen LogP contribution in [0.25, 0.3) is 0 Å². The Labute approximate surface area is 138 Å². The zero-order valence-corrected chi connectivity index (χ0v) is 13.1. The molecule has 7 heteroatoms. The molecule has 24 heavy (non-hydrogen) atoms. The molecule has 2 aromatic rings. The van der Waals surface area contributed by atoms with Crippen molar-refractivity contribution in [3.63, 3.8) is 0 Å². The molecular formula is C17H18FN3O3. The summed E-state index contributed by atoms with van der Waals surface area (Å²) in [5.41, 5.74) is 0.855. The third-order valence-electron chi connectivity index (χ3n) is 3.84. The van der Waals surface area contributed by atoms with Gasteiger partial charge in [-0.25, -0.2) is 9.18 Å². The van der Waals surface area contributed by atoms with E-state index in [9.17, 15) is 14.0 Å². The van der Waals surface area contributed by atoms with Gasteiger partial charge in [-0.15, -0.1) is 0 Å². The molecule has 3 amide bonds. The van der Waals surface area contributed by atoms with E-state index in [0.717, 1.165) is 5.56 Å². The molecule has 0 aliphatic carbocycles. The zero-order valence-electron chi connectivity index (χ0n) is 13.1. The van der Waals surface area contributed by atoms with Crippen LogP contribution in [-0.2, 0) is 17.9 Å². The summed E-state index contributed by atoms with van der Waals surface area (Å²) in [5.74, 6) is 0.124. The largest absolute Gasteiger partial charge is 0.467 e. The van der Waals surface area contributed by atoms with Gasteiger partial charge in [0.05, 0.1) is 12.8 Å². The lowest BCUT2D eigenvalue weighted by molar-refractivity contribution is -0.121. The van der Waals surface area contributed by atoms with E-state index in [4.69, 9.17) is 4.42 Å².